The second-order valence-corrected chi connectivity index (χ2v) is 9.20. The average Bonchev–Trinajstić information content (AvgIpc) is 3.27. The minimum atomic E-state index is -0.0870. The summed E-state index contributed by atoms with van der Waals surface area (Å²) in [6.45, 7) is 6.52. The highest BCUT2D eigenvalue weighted by atomic mass is 32.2. The number of aryl methyl sites for hydroxylation is 3. The quantitative estimate of drug-likeness (QED) is 0.302. The summed E-state index contributed by atoms with van der Waals surface area (Å²) in [5.41, 5.74) is 6.03. The highest BCUT2D eigenvalue weighted by Gasteiger charge is 2.17. The molecule has 0 aliphatic carbocycles. The Morgan fingerprint density at radius 3 is 2.29 bits per heavy atom. The summed E-state index contributed by atoms with van der Waals surface area (Å²) in [5.74, 6) is 1.64. The van der Waals surface area contributed by atoms with Crippen LogP contribution >= 0.6 is 11.8 Å². The zero-order valence-electron chi connectivity index (χ0n) is 20.3. The molecule has 0 atom stereocenters. The maximum Gasteiger partial charge on any atom is 0.234 e. The van der Waals surface area contributed by atoms with Crippen molar-refractivity contribution in [1.82, 2.24) is 14.8 Å². The van der Waals surface area contributed by atoms with Crippen molar-refractivity contribution in [2.24, 2.45) is 0 Å². The molecule has 4 rings (SSSR count). The number of rotatable bonds is 9. The van der Waals surface area contributed by atoms with Gasteiger partial charge in [0.2, 0.25) is 5.91 Å². The van der Waals surface area contributed by atoms with E-state index in [2.05, 4.69) is 39.9 Å². The lowest BCUT2D eigenvalue weighted by molar-refractivity contribution is -0.113. The molecule has 8 heteroatoms. The molecule has 0 saturated carbocycles. The number of ether oxygens (including phenoxy) is 1. The molecule has 0 unspecified atom stereocenters. The van der Waals surface area contributed by atoms with E-state index in [0.29, 0.717) is 11.7 Å². The highest BCUT2D eigenvalue weighted by Crippen LogP contribution is 2.25. The fourth-order valence-corrected chi connectivity index (χ4v) is 4.44. The molecule has 0 fully saturated rings. The Hall–Kier alpha value is -3.78. The van der Waals surface area contributed by atoms with Crippen molar-refractivity contribution < 1.29 is 9.53 Å². The van der Waals surface area contributed by atoms with Gasteiger partial charge in [-0.25, -0.2) is 0 Å². The summed E-state index contributed by atoms with van der Waals surface area (Å²) in [5, 5.41) is 15.9. The van der Waals surface area contributed by atoms with Crippen LogP contribution < -0.4 is 15.4 Å². The first-order valence-corrected chi connectivity index (χ1v) is 12.3. The van der Waals surface area contributed by atoms with Crippen molar-refractivity contribution in [1.29, 1.82) is 0 Å². The van der Waals surface area contributed by atoms with Crippen LogP contribution in [0.3, 0.4) is 0 Å². The third-order valence-electron chi connectivity index (χ3n) is 5.61. The molecule has 1 amide bonds. The zero-order chi connectivity index (χ0) is 24.8. The fourth-order valence-electron chi connectivity index (χ4n) is 3.67. The van der Waals surface area contributed by atoms with Crippen molar-refractivity contribution in [2.75, 3.05) is 23.5 Å². The third kappa shape index (κ3) is 6.02. The largest absolute Gasteiger partial charge is 0.497 e. The molecule has 1 heterocycles. The molecule has 2 N–H and O–H groups in total. The van der Waals surface area contributed by atoms with Gasteiger partial charge < -0.3 is 15.4 Å². The number of nitrogens with zero attached hydrogens (tertiary/aromatic N) is 3. The Bertz CT molecular complexity index is 1280. The smallest absolute Gasteiger partial charge is 0.234 e. The van der Waals surface area contributed by atoms with Crippen LogP contribution in [-0.2, 0) is 11.3 Å². The number of benzene rings is 3. The van der Waals surface area contributed by atoms with Crippen molar-refractivity contribution in [3.8, 4) is 11.4 Å². The lowest BCUT2D eigenvalue weighted by Gasteiger charge is -2.13. The Morgan fingerprint density at radius 1 is 0.943 bits per heavy atom. The van der Waals surface area contributed by atoms with E-state index in [4.69, 9.17) is 4.74 Å². The highest BCUT2D eigenvalue weighted by molar-refractivity contribution is 7.99. The van der Waals surface area contributed by atoms with E-state index in [1.165, 1.54) is 17.3 Å². The van der Waals surface area contributed by atoms with Gasteiger partial charge in [-0.05, 0) is 68.3 Å². The molecule has 0 aliphatic heterocycles. The van der Waals surface area contributed by atoms with Gasteiger partial charge in [0.05, 0.1) is 19.4 Å². The summed E-state index contributed by atoms with van der Waals surface area (Å²) in [6.07, 6.45) is 0. The van der Waals surface area contributed by atoms with Crippen LogP contribution in [0.2, 0.25) is 0 Å². The second-order valence-electron chi connectivity index (χ2n) is 8.26. The van der Waals surface area contributed by atoms with Crippen molar-refractivity contribution in [3.63, 3.8) is 0 Å². The summed E-state index contributed by atoms with van der Waals surface area (Å²) >= 11 is 1.35. The summed E-state index contributed by atoms with van der Waals surface area (Å²) in [6, 6.07) is 21.9. The van der Waals surface area contributed by atoms with Crippen LogP contribution in [0.15, 0.2) is 71.9 Å². The molecule has 0 aliphatic rings. The Labute approximate surface area is 209 Å². The summed E-state index contributed by atoms with van der Waals surface area (Å²) < 4.78 is 7.28. The first kappa shape index (κ1) is 24.3. The number of methoxy groups -OCH3 is 1. The van der Waals surface area contributed by atoms with Gasteiger partial charge in [-0.2, -0.15) is 0 Å². The normalized spacial score (nSPS) is 10.7. The van der Waals surface area contributed by atoms with E-state index in [0.717, 1.165) is 39.8 Å². The lowest BCUT2D eigenvalue weighted by atomic mass is 10.1. The number of hydrogen-bond acceptors (Lipinski definition) is 6. The predicted octanol–water partition coefficient (Wildman–Crippen LogP) is 5.54. The molecule has 0 radical (unpaired) electrons. The molecular weight excluding hydrogens is 458 g/mol. The SMILES string of the molecule is COc1ccc(-n2c(CNc3ccc(C)cc3)nnc2SCC(=O)Nc2c(C)cccc2C)cc1. The van der Waals surface area contributed by atoms with Crippen LogP contribution in [-0.4, -0.2) is 33.5 Å². The van der Waals surface area contributed by atoms with E-state index in [1.807, 2.05) is 73.0 Å². The average molecular weight is 488 g/mol. The molecule has 0 bridgehead atoms. The predicted molar refractivity (Wildman–Crippen MR) is 142 cm³/mol. The first-order chi connectivity index (χ1) is 16.9. The van der Waals surface area contributed by atoms with Gasteiger partial charge in [-0.1, -0.05) is 47.7 Å². The second kappa shape index (κ2) is 11.1. The number of carbonyl (C=O) groups excluding carboxylic acids is 1. The molecule has 3 aromatic carbocycles. The Balaban J connectivity index is 1.53. The molecule has 180 valence electrons. The number of anilines is 2. The minimum Gasteiger partial charge on any atom is -0.497 e. The topological polar surface area (TPSA) is 81.1 Å². The first-order valence-electron chi connectivity index (χ1n) is 11.3. The molecule has 7 nitrogen and oxygen atoms in total. The number of amides is 1. The van der Waals surface area contributed by atoms with E-state index in [-0.39, 0.29) is 11.7 Å². The molecule has 1 aromatic heterocycles. The maximum atomic E-state index is 12.7. The number of thioether (sulfide) groups is 1. The van der Waals surface area contributed by atoms with E-state index >= 15 is 0 Å². The Morgan fingerprint density at radius 2 is 1.63 bits per heavy atom. The van der Waals surface area contributed by atoms with Gasteiger partial charge in [-0.15, -0.1) is 10.2 Å². The maximum absolute atomic E-state index is 12.7. The van der Waals surface area contributed by atoms with E-state index in [1.54, 1.807) is 7.11 Å². The van der Waals surface area contributed by atoms with Gasteiger partial charge in [-0.3, -0.25) is 9.36 Å². The van der Waals surface area contributed by atoms with Gasteiger partial charge >= 0.3 is 0 Å². The standard InChI is InChI=1S/C27H29N5O2S/c1-18-8-10-21(11-9-18)28-16-24-30-31-27(32(24)22-12-14-23(34-4)15-13-22)35-17-25(33)29-26-19(2)6-5-7-20(26)3/h5-15,28H,16-17H2,1-4H3,(H,29,33). The lowest BCUT2D eigenvalue weighted by Crippen LogP contribution is -2.16. The summed E-state index contributed by atoms with van der Waals surface area (Å²) in [7, 11) is 1.64. The third-order valence-corrected chi connectivity index (χ3v) is 6.54. The molecule has 35 heavy (non-hydrogen) atoms. The molecular formula is C27H29N5O2S. The zero-order valence-corrected chi connectivity index (χ0v) is 21.1. The number of aromatic nitrogens is 3. The van der Waals surface area contributed by atoms with E-state index in [9.17, 15) is 4.79 Å². The van der Waals surface area contributed by atoms with Crippen molar-refractivity contribution in [3.05, 3.63) is 89.2 Å². The van der Waals surface area contributed by atoms with Gasteiger partial charge in [0, 0.05) is 17.1 Å². The number of nitrogens with one attached hydrogen (secondary N) is 2. The monoisotopic (exact) mass is 487 g/mol. The number of carbonyl (C=O) groups is 1. The molecule has 4 aromatic rings. The minimum absolute atomic E-state index is 0.0870. The van der Waals surface area contributed by atoms with Crippen LogP contribution in [0.4, 0.5) is 11.4 Å². The fraction of sp³-hybridized carbons (Fsp3) is 0.222. The Kier molecular flexibility index (Phi) is 7.72. The van der Waals surface area contributed by atoms with Gasteiger partial charge in [0.25, 0.3) is 0 Å². The van der Waals surface area contributed by atoms with Gasteiger partial charge in [0.15, 0.2) is 11.0 Å². The number of hydrogen-bond donors (Lipinski definition) is 2. The molecule has 0 spiro atoms. The van der Waals surface area contributed by atoms with Crippen molar-refractivity contribution in [2.45, 2.75) is 32.5 Å². The molecule has 0 saturated heterocycles. The van der Waals surface area contributed by atoms with Gasteiger partial charge in [0.1, 0.15) is 5.75 Å². The van der Waals surface area contributed by atoms with Crippen molar-refractivity contribution >= 4 is 29.0 Å². The van der Waals surface area contributed by atoms with Crippen LogP contribution in [0, 0.1) is 20.8 Å². The van der Waals surface area contributed by atoms with E-state index < -0.39 is 0 Å². The number of para-hydroxylation sites is 1. The van der Waals surface area contributed by atoms with Crippen LogP contribution in [0.25, 0.3) is 5.69 Å². The van der Waals surface area contributed by atoms with Crippen LogP contribution in [0.1, 0.15) is 22.5 Å². The summed E-state index contributed by atoms with van der Waals surface area (Å²) in [4.78, 5) is 12.7. The van der Waals surface area contributed by atoms with Crippen LogP contribution in [0.5, 0.6) is 5.75 Å².